The summed E-state index contributed by atoms with van der Waals surface area (Å²) in [5.74, 6) is -0.405. The van der Waals surface area contributed by atoms with Gasteiger partial charge in [-0.3, -0.25) is 0 Å². The molecule has 88 valence electrons. The van der Waals surface area contributed by atoms with E-state index < -0.39 is 5.82 Å². The first-order valence-electron chi connectivity index (χ1n) is 5.09. The number of benzene rings is 2. The summed E-state index contributed by atoms with van der Waals surface area (Å²) in [5, 5.41) is 3.94. The highest BCUT2D eigenvalue weighted by molar-refractivity contribution is 6.31. The topological polar surface area (TPSA) is 12.0 Å². The van der Waals surface area contributed by atoms with Crippen LogP contribution in [0.2, 0.25) is 10.0 Å². The van der Waals surface area contributed by atoms with Gasteiger partial charge in [0.15, 0.2) is 0 Å². The third-order valence-corrected chi connectivity index (χ3v) is 3.00. The molecule has 0 atom stereocenters. The molecule has 0 aliphatic rings. The zero-order chi connectivity index (χ0) is 12.3. The van der Waals surface area contributed by atoms with Crippen molar-refractivity contribution < 1.29 is 4.39 Å². The quantitative estimate of drug-likeness (QED) is 0.849. The van der Waals surface area contributed by atoms with E-state index in [2.05, 4.69) is 5.32 Å². The normalized spacial score (nSPS) is 10.3. The number of halogens is 3. The Morgan fingerprint density at radius 2 is 1.82 bits per heavy atom. The monoisotopic (exact) mass is 269 g/mol. The van der Waals surface area contributed by atoms with Crippen LogP contribution in [-0.4, -0.2) is 0 Å². The highest BCUT2D eigenvalue weighted by Gasteiger charge is 2.05. The molecule has 2 rings (SSSR count). The van der Waals surface area contributed by atoms with Gasteiger partial charge in [0.1, 0.15) is 5.82 Å². The van der Waals surface area contributed by atoms with Gasteiger partial charge < -0.3 is 5.32 Å². The minimum Gasteiger partial charge on any atom is -0.381 e. The Morgan fingerprint density at radius 3 is 2.59 bits per heavy atom. The first-order chi connectivity index (χ1) is 8.16. The minimum absolute atomic E-state index is 0.155. The molecule has 0 saturated heterocycles. The van der Waals surface area contributed by atoms with Crippen LogP contribution in [0.1, 0.15) is 5.56 Å². The summed E-state index contributed by atoms with van der Waals surface area (Å²) in [6, 6.07) is 12.1. The number of anilines is 1. The zero-order valence-corrected chi connectivity index (χ0v) is 10.4. The summed E-state index contributed by atoms with van der Waals surface area (Å²) in [7, 11) is 0. The van der Waals surface area contributed by atoms with Crippen molar-refractivity contribution in [2.24, 2.45) is 0 Å². The van der Waals surface area contributed by atoms with E-state index in [1.807, 2.05) is 12.1 Å². The van der Waals surface area contributed by atoms with E-state index in [1.165, 1.54) is 6.07 Å². The Labute approximate surface area is 109 Å². The summed E-state index contributed by atoms with van der Waals surface area (Å²) in [4.78, 5) is 0. The lowest BCUT2D eigenvalue weighted by Gasteiger charge is -2.08. The van der Waals surface area contributed by atoms with Gasteiger partial charge >= 0.3 is 0 Å². The lowest BCUT2D eigenvalue weighted by Crippen LogP contribution is -2.00. The molecule has 0 unspecified atom stereocenters. The summed E-state index contributed by atoms with van der Waals surface area (Å²) < 4.78 is 13.2. The highest BCUT2D eigenvalue weighted by Crippen LogP contribution is 2.21. The van der Waals surface area contributed by atoms with Crippen LogP contribution in [0.15, 0.2) is 42.5 Å². The molecule has 0 aliphatic heterocycles. The van der Waals surface area contributed by atoms with Crippen molar-refractivity contribution in [1.82, 2.24) is 0 Å². The standard InChI is InChI=1S/C13H10Cl2FN/c14-10-4-2-5-11(7-10)17-8-9-3-1-6-12(16)13(9)15/h1-7,17H,8H2. The van der Waals surface area contributed by atoms with Gasteiger partial charge in [-0.25, -0.2) is 4.39 Å². The molecular weight excluding hydrogens is 260 g/mol. The van der Waals surface area contributed by atoms with E-state index in [0.717, 1.165) is 5.69 Å². The summed E-state index contributed by atoms with van der Waals surface area (Å²) in [5.41, 5.74) is 1.59. The summed E-state index contributed by atoms with van der Waals surface area (Å²) in [6.45, 7) is 0.455. The van der Waals surface area contributed by atoms with Crippen molar-refractivity contribution in [3.63, 3.8) is 0 Å². The zero-order valence-electron chi connectivity index (χ0n) is 8.88. The minimum atomic E-state index is -0.405. The van der Waals surface area contributed by atoms with Gasteiger partial charge in [-0.15, -0.1) is 0 Å². The molecule has 0 fully saturated rings. The van der Waals surface area contributed by atoms with Crippen LogP contribution < -0.4 is 5.32 Å². The summed E-state index contributed by atoms with van der Waals surface area (Å²) >= 11 is 11.7. The fraction of sp³-hybridized carbons (Fsp3) is 0.0769. The molecular formula is C13H10Cl2FN. The van der Waals surface area contributed by atoms with Crippen molar-refractivity contribution in [3.8, 4) is 0 Å². The SMILES string of the molecule is Fc1cccc(CNc2cccc(Cl)c2)c1Cl. The average molecular weight is 270 g/mol. The molecule has 1 N–H and O–H groups in total. The molecule has 0 aliphatic carbocycles. The second-order valence-electron chi connectivity index (χ2n) is 3.58. The molecule has 0 amide bonds. The Kier molecular flexibility index (Phi) is 3.87. The van der Waals surface area contributed by atoms with Crippen LogP contribution in [-0.2, 0) is 6.54 Å². The fourth-order valence-corrected chi connectivity index (χ4v) is 1.86. The van der Waals surface area contributed by atoms with Crippen molar-refractivity contribution >= 4 is 28.9 Å². The number of nitrogens with one attached hydrogen (secondary N) is 1. The second kappa shape index (κ2) is 5.39. The molecule has 0 bridgehead atoms. The van der Waals surface area contributed by atoms with Crippen LogP contribution >= 0.6 is 23.2 Å². The van der Waals surface area contributed by atoms with Crippen LogP contribution in [0.5, 0.6) is 0 Å². The van der Waals surface area contributed by atoms with Crippen molar-refractivity contribution in [2.45, 2.75) is 6.54 Å². The Morgan fingerprint density at radius 1 is 1.06 bits per heavy atom. The molecule has 2 aromatic carbocycles. The molecule has 0 saturated carbocycles. The number of hydrogen-bond acceptors (Lipinski definition) is 1. The predicted molar refractivity (Wildman–Crippen MR) is 70.2 cm³/mol. The molecule has 0 spiro atoms. The summed E-state index contributed by atoms with van der Waals surface area (Å²) in [6.07, 6.45) is 0. The number of rotatable bonds is 3. The van der Waals surface area contributed by atoms with E-state index in [-0.39, 0.29) is 5.02 Å². The largest absolute Gasteiger partial charge is 0.381 e. The van der Waals surface area contributed by atoms with Crippen LogP contribution in [0.25, 0.3) is 0 Å². The highest BCUT2D eigenvalue weighted by atomic mass is 35.5. The van der Waals surface area contributed by atoms with Crippen LogP contribution in [0.3, 0.4) is 0 Å². The van der Waals surface area contributed by atoms with Gasteiger partial charge in [-0.05, 0) is 29.8 Å². The van der Waals surface area contributed by atoms with E-state index in [9.17, 15) is 4.39 Å². The van der Waals surface area contributed by atoms with Gasteiger partial charge in [0.05, 0.1) is 5.02 Å². The first kappa shape index (κ1) is 12.2. The maximum atomic E-state index is 13.2. The Bertz CT molecular complexity index is 529. The molecule has 0 radical (unpaired) electrons. The predicted octanol–water partition coefficient (Wildman–Crippen LogP) is 4.74. The van der Waals surface area contributed by atoms with Gasteiger partial charge in [0, 0.05) is 17.3 Å². The van der Waals surface area contributed by atoms with E-state index >= 15 is 0 Å². The van der Waals surface area contributed by atoms with Gasteiger partial charge in [0.25, 0.3) is 0 Å². The van der Waals surface area contributed by atoms with Gasteiger partial charge in [-0.2, -0.15) is 0 Å². The molecule has 0 aromatic heterocycles. The molecule has 17 heavy (non-hydrogen) atoms. The lowest BCUT2D eigenvalue weighted by atomic mass is 10.2. The smallest absolute Gasteiger partial charge is 0.142 e. The number of hydrogen-bond donors (Lipinski definition) is 1. The van der Waals surface area contributed by atoms with E-state index in [0.29, 0.717) is 17.1 Å². The Balaban J connectivity index is 2.10. The van der Waals surface area contributed by atoms with Crippen LogP contribution in [0.4, 0.5) is 10.1 Å². The van der Waals surface area contributed by atoms with Crippen LogP contribution in [0, 0.1) is 5.82 Å². The van der Waals surface area contributed by atoms with Crippen molar-refractivity contribution in [2.75, 3.05) is 5.32 Å². The molecule has 4 heteroatoms. The average Bonchev–Trinajstić information content (AvgIpc) is 2.31. The Hall–Kier alpha value is -1.25. The third kappa shape index (κ3) is 3.11. The second-order valence-corrected chi connectivity index (χ2v) is 4.39. The fourth-order valence-electron chi connectivity index (χ4n) is 1.48. The molecule has 2 aromatic rings. The van der Waals surface area contributed by atoms with Crippen molar-refractivity contribution in [1.29, 1.82) is 0 Å². The van der Waals surface area contributed by atoms with E-state index in [1.54, 1.807) is 24.3 Å². The third-order valence-electron chi connectivity index (χ3n) is 2.34. The molecule has 0 heterocycles. The maximum Gasteiger partial charge on any atom is 0.142 e. The van der Waals surface area contributed by atoms with Gasteiger partial charge in [0.2, 0.25) is 0 Å². The maximum absolute atomic E-state index is 13.2. The molecule has 1 nitrogen and oxygen atoms in total. The van der Waals surface area contributed by atoms with E-state index in [4.69, 9.17) is 23.2 Å². The van der Waals surface area contributed by atoms with Crippen molar-refractivity contribution in [3.05, 3.63) is 63.9 Å². The lowest BCUT2D eigenvalue weighted by molar-refractivity contribution is 0.626. The van der Waals surface area contributed by atoms with Gasteiger partial charge in [-0.1, -0.05) is 41.4 Å². The first-order valence-corrected chi connectivity index (χ1v) is 5.85.